The molecule has 0 fully saturated rings. The highest BCUT2D eigenvalue weighted by Gasteiger charge is 2.24. The maximum atomic E-state index is 2.44. The van der Waals surface area contributed by atoms with Crippen LogP contribution in [0.25, 0.3) is 24.3 Å². The molecule has 2 unspecified atom stereocenters. The molecule has 172 valence electrons. The molecule has 1 aliphatic carbocycles. The molecule has 35 heavy (non-hydrogen) atoms. The number of para-hydroxylation sites is 1. The number of nitrogens with zero attached hydrogens (tertiary/aromatic N) is 1. The van der Waals surface area contributed by atoms with Gasteiger partial charge in [0.2, 0.25) is 0 Å². The van der Waals surface area contributed by atoms with E-state index < -0.39 is 0 Å². The molecule has 4 aromatic rings. The minimum absolute atomic E-state index is 0.274. The molecule has 2 atom stereocenters. The van der Waals surface area contributed by atoms with Crippen molar-refractivity contribution < 1.29 is 0 Å². The van der Waals surface area contributed by atoms with Crippen molar-refractivity contribution in [1.82, 2.24) is 0 Å². The van der Waals surface area contributed by atoms with Crippen molar-refractivity contribution in [2.24, 2.45) is 5.92 Å². The largest absolute Gasteiger partial charge is 0.334 e. The first-order valence-electron chi connectivity index (χ1n) is 12.1. The zero-order valence-electron chi connectivity index (χ0n) is 19.9. The van der Waals surface area contributed by atoms with E-state index in [1.807, 2.05) is 0 Å². The Labute approximate surface area is 212 Å². The number of thiophene rings is 1. The highest BCUT2D eigenvalue weighted by molar-refractivity contribution is 7.10. The molecule has 1 heterocycles. The molecule has 0 amide bonds. The Kier molecular flexibility index (Phi) is 7.21. The van der Waals surface area contributed by atoms with Gasteiger partial charge in [-0.25, -0.2) is 0 Å². The van der Waals surface area contributed by atoms with Crippen molar-refractivity contribution >= 4 is 47.0 Å². The molecule has 0 aliphatic heterocycles. The smallest absolute Gasteiger partial charge is 0.0585 e. The van der Waals surface area contributed by atoms with E-state index in [1.165, 1.54) is 32.9 Å². The zero-order chi connectivity index (χ0) is 23.9. The molecule has 0 bridgehead atoms. The molecule has 1 aromatic heterocycles. The number of anilines is 2. The molecular weight excluding hydrogens is 442 g/mol. The molecule has 1 aliphatic rings. The minimum Gasteiger partial charge on any atom is -0.334 e. The van der Waals surface area contributed by atoms with Crippen molar-refractivity contribution in [3.63, 3.8) is 0 Å². The van der Waals surface area contributed by atoms with Crippen LogP contribution in [0.5, 0.6) is 0 Å². The van der Waals surface area contributed by atoms with E-state index in [0.717, 1.165) is 0 Å². The van der Waals surface area contributed by atoms with Crippen LogP contribution in [0.15, 0.2) is 121 Å². The molecule has 0 saturated heterocycles. The lowest BCUT2D eigenvalue weighted by Gasteiger charge is -2.36. The predicted molar refractivity (Wildman–Crippen MR) is 155 cm³/mol. The zero-order valence-corrected chi connectivity index (χ0v) is 20.7. The average molecular weight is 472 g/mol. The van der Waals surface area contributed by atoms with Crippen LogP contribution in [0.2, 0.25) is 0 Å². The van der Waals surface area contributed by atoms with Crippen LogP contribution in [-0.2, 0) is 0 Å². The number of rotatable bonds is 7. The first-order chi connectivity index (χ1) is 17.3. The summed E-state index contributed by atoms with van der Waals surface area (Å²) in [6.07, 6.45) is 17.6. The van der Waals surface area contributed by atoms with E-state index in [4.69, 9.17) is 0 Å². The van der Waals surface area contributed by atoms with Gasteiger partial charge >= 0.3 is 0 Å². The summed E-state index contributed by atoms with van der Waals surface area (Å²) in [7, 11) is 0. The van der Waals surface area contributed by atoms with E-state index in [9.17, 15) is 0 Å². The maximum Gasteiger partial charge on any atom is 0.0585 e. The summed E-state index contributed by atoms with van der Waals surface area (Å²) in [6.45, 7) is 2.28. The fraction of sp³-hybridized carbons (Fsp3) is 0.0909. The maximum absolute atomic E-state index is 2.44. The van der Waals surface area contributed by atoms with Gasteiger partial charge in [-0.1, -0.05) is 110 Å². The second-order valence-corrected chi connectivity index (χ2v) is 9.75. The molecule has 3 aromatic carbocycles. The summed E-state index contributed by atoms with van der Waals surface area (Å²) in [5.41, 5.74) is 5.99. The third-order valence-electron chi connectivity index (χ3n) is 6.24. The van der Waals surface area contributed by atoms with E-state index in [0.29, 0.717) is 5.92 Å². The van der Waals surface area contributed by atoms with Crippen LogP contribution < -0.4 is 4.90 Å². The SMILES string of the molecule is CC1C=CC=CC1N(c1ccccc1)c1cccc(/C=C/c2ccc(/C=C/c3cccs3)cc2)c1. The predicted octanol–water partition coefficient (Wildman–Crippen LogP) is 9.36. The third-order valence-corrected chi connectivity index (χ3v) is 7.08. The highest BCUT2D eigenvalue weighted by Crippen LogP contribution is 2.33. The third kappa shape index (κ3) is 5.79. The number of hydrogen-bond acceptors (Lipinski definition) is 2. The molecule has 0 radical (unpaired) electrons. The van der Waals surface area contributed by atoms with Gasteiger partial charge in [0.15, 0.2) is 0 Å². The van der Waals surface area contributed by atoms with Crippen LogP contribution in [-0.4, -0.2) is 6.04 Å². The standard InChI is InChI=1S/C33H29NS/c1-26-9-5-6-15-33(26)34(30-11-3-2-4-12-30)31-13-7-10-29(25-31)21-20-27-16-18-28(19-17-27)22-23-32-14-8-24-35-32/h2-26,33H,1H3/b21-20+,23-22+. The van der Waals surface area contributed by atoms with Gasteiger partial charge in [-0.3, -0.25) is 0 Å². The van der Waals surface area contributed by atoms with Gasteiger partial charge in [-0.15, -0.1) is 11.3 Å². The molecule has 1 nitrogen and oxygen atoms in total. The summed E-state index contributed by atoms with van der Waals surface area (Å²) in [4.78, 5) is 3.71. The second-order valence-electron chi connectivity index (χ2n) is 8.77. The lowest BCUT2D eigenvalue weighted by molar-refractivity contribution is 0.609. The molecule has 0 saturated carbocycles. The van der Waals surface area contributed by atoms with Gasteiger partial charge in [-0.2, -0.15) is 0 Å². The quantitative estimate of drug-likeness (QED) is 0.243. The van der Waals surface area contributed by atoms with Gasteiger partial charge in [0.05, 0.1) is 6.04 Å². The van der Waals surface area contributed by atoms with Gasteiger partial charge in [0, 0.05) is 16.3 Å². The Morgan fingerprint density at radius 2 is 1.31 bits per heavy atom. The number of allylic oxidation sites excluding steroid dienone is 2. The van der Waals surface area contributed by atoms with Crippen molar-refractivity contribution in [3.05, 3.63) is 142 Å². The monoisotopic (exact) mass is 471 g/mol. The normalized spacial score (nSPS) is 17.4. The van der Waals surface area contributed by atoms with Crippen LogP contribution in [0.1, 0.15) is 28.5 Å². The second kappa shape index (κ2) is 11.0. The highest BCUT2D eigenvalue weighted by atomic mass is 32.1. The Bertz CT molecular complexity index is 1340. The van der Waals surface area contributed by atoms with Crippen molar-refractivity contribution in [3.8, 4) is 0 Å². The molecule has 0 N–H and O–H groups in total. The van der Waals surface area contributed by atoms with Gasteiger partial charge in [0.1, 0.15) is 0 Å². The van der Waals surface area contributed by atoms with Crippen LogP contribution in [0.4, 0.5) is 11.4 Å². The molecular formula is C33H29NS. The molecule has 5 rings (SSSR count). The molecule has 2 heteroatoms. The lowest BCUT2D eigenvalue weighted by atomic mass is 9.94. The first-order valence-corrected chi connectivity index (χ1v) is 12.9. The Balaban J connectivity index is 1.36. The van der Waals surface area contributed by atoms with E-state index in [-0.39, 0.29) is 6.04 Å². The van der Waals surface area contributed by atoms with Crippen molar-refractivity contribution in [2.75, 3.05) is 4.90 Å². The fourth-order valence-corrected chi connectivity index (χ4v) is 4.98. The van der Waals surface area contributed by atoms with E-state index in [1.54, 1.807) is 11.3 Å². The Morgan fingerprint density at radius 1 is 0.629 bits per heavy atom. The van der Waals surface area contributed by atoms with E-state index in [2.05, 4.69) is 157 Å². The summed E-state index contributed by atoms with van der Waals surface area (Å²) in [6, 6.07) is 32.6. The minimum atomic E-state index is 0.274. The number of benzene rings is 3. The average Bonchev–Trinajstić information content (AvgIpc) is 3.43. The lowest BCUT2D eigenvalue weighted by Crippen LogP contribution is -2.35. The summed E-state index contributed by atoms with van der Waals surface area (Å²) < 4.78 is 0. The van der Waals surface area contributed by atoms with E-state index >= 15 is 0 Å². The van der Waals surface area contributed by atoms with Crippen LogP contribution in [0.3, 0.4) is 0 Å². The number of hydrogen-bond donors (Lipinski definition) is 0. The Morgan fingerprint density at radius 3 is 2.03 bits per heavy atom. The van der Waals surface area contributed by atoms with Crippen molar-refractivity contribution in [1.29, 1.82) is 0 Å². The fourth-order valence-electron chi connectivity index (χ4n) is 4.36. The van der Waals surface area contributed by atoms with Crippen molar-refractivity contribution in [2.45, 2.75) is 13.0 Å². The van der Waals surface area contributed by atoms with Gasteiger partial charge in [-0.05, 0) is 64.4 Å². The summed E-state index contributed by atoms with van der Waals surface area (Å²) >= 11 is 1.75. The first kappa shape index (κ1) is 22.9. The van der Waals surface area contributed by atoms with Crippen LogP contribution in [0, 0.1) is 5.92 Å². The summed E-state index contributed by atoms with van der Waals surface area (Å²) in [5.74, 6) is 0.423. The van der Waals surface area contributed by atoms with Gasteiger partial charge < -0.3 is 4.90 Å². The summed E-state index contributed by atoms with van der Waals surface area (Å²) in [5, 5.41) is 2.10. The van der Waals surface area contributed by atoms with Gasteiger partial charge in [0.25, 0.3) is 0 Å². The molecule has 0 spiro atoms. The topological polar surface area (TPSA) is 3.24 Å². The van der Waals surface area contributed by atoms with Crippen LogP contribution >= 0.6 is 11.3 Å². The Hall–Kier alpha value is -3.88.